The fourth-order valence-corrected chi connectivity index (χ4v) is 1.51. The summed E-state index contributed by atoms with van der Waals surface area (Å²) in [6, 6.07) is 5.34. The molecule has 0 radical (unpaired) electrons. The summed E-state index contributed by atoms with van der Waals surface area (Å²) in [4.78, 5) is 0. The van der Waals surface area contributed by atoms with E-state index < -0.39 is 6.10 Å². The Morgan fingerprint density at radius 2 is 2.23 bits per heavy atom. The fraction of sp³-hybridized carbons (Fsp3) is 0.400. The van der Waals surface area contributed by atoms with Crippen molar-refractivity contribution in [2.45, 2.75) is 19.4 Å². The van der Waals surface area contributed by atoms with Gasteiger partial charge in [-0.15, -0.1) is 0 Å². The Balaban J connectivity index is 3.14. The minimum atomic E-state index is -0.552. The Morgan fingerprint density at radius 3 is 2.77 bits per heavy atom. The first kappa shape index (κ1) is 10.4. The monoisotopic (exact) mass is 200 g/mol. The number of benzene rings is 1. The van der Waals surface area contributed by atoms with E-state index in [4.69, 9.17) is 16.3 Å². The van der Waals surface area contributed by atoms with Gasteiger partial charge in [-0.05, 0) is 18.6 Å². The number of methoxy groups -OCH3 is 1. The smallest absolute Gasteiger partial charge is 0.126 e. The minimum absolute atomic E-state index is 0.550. The van der Waals surface area contributed by atoms with Gasteiger partial charge in [-0.3, -0.25) is 0 Å². The van der Waals surface area contributed by atoms with Gasteiger partial charge in [-0.1, -0.05) is 24.6 Å². The fourth-order valence-electron chi connectivity index (χ4n) is 1.22. The van der Waals surface area contributed by atoms with Crippen molar-refractivity contribution in [1.82, 2.24) is 0 Å². The summed E-state index contributed by atoms with van der Waals surface area (Å²) >= 11 is 5.94. The van der Waals surface area contributed by atoms with Gasteiger partial charge in [0.15, 0.2) is 0 Å². The van der Waals surface area contributed by atoms with Gasteiger partial charge in [-0.25, -0.2) is 0 Å². The lowest BCUT2D eigenvalue weighted by Crippen LogP contribution is -1.99. The quantitative estimate of drug-likeness (QED) is 0.813. The van der Waals surface area contributed by atoms with Crippen molar-refractivity contribution in [2.75, 3.05) is 7.11 Å². The van der Waals surface area contributed by atoms with E-state index in [1.54, 1.807) is 25.3 Å². The van der Waals surface area contributed by atoms with Crippen LogP contribution < -0.4 is 4.74 Å². The van der Waals surface area contributed by atoms with Crippen LogP contribution in [0.5, 0.6) is 5.75 Å². The summed E-state index contributed by atoms with van der Waals surface area (Å²) in [6.45, 7) is 1.90. The summed E-state index contributed by atoms with van der Waals surface area (Å²) in [5, 5.41) is 10.2. The maximum Gasteiger partial charge on any atom is 0.126 e. The highest BCUT2D eigenvalue weighted by atomic mass is 35.5. The standard InChI is InChI=1S/C10H13ClO2/c1-3-8(12)10-7(11)5-4-6-9(10)13-2/h4-6,8,12H,3H2,1-2H3. The first-order chi connectivity index (χ1) is 6.20. The molecule has 1 unspecified atom stereocenters. The third-order valence-corrected chi connectivity index (χ3v) is 2.28. The van der Waals surface area contributed by atoms with Crippen LogP contribution in [0.2, 0.25) is 5.02 Å². The lowest BCUT2D eigenvalue weighted by molar-refractivity contribution is 0.169. The van der Waals surface area contributed by atoms with E-state index in [9.17, 15) is 5.11 Å². The van der Waals surface area contributed by atoms with E-state index in [1.807, 2.05) is 6.92 Å². The zero-order chi connectivity index (χ0) is 9.84. The summed E-state index contributed by atoms with van der Waals surface area (Å²) in [5.41, 5.74) is 0.675. The number of aliphatic hydroxyl groups excluding tert-OH is 1. The van der Waals surface area contributed by atoms with Gasteiger partial charge < -0.3 is 9.84 Å². The highest BCUT2D eigenvalue weighted by molar-refractivity contribution is 6.31. The van der Waals surface area contributed by atoms with Crippen LogP contribution in [0, 0.1) is 0 Å². The Morgan fingerprint density at radius 1 is 1.54 bits per heavy atom. The van der Waals surface area contributed by atoms with E-state index in [2.05, 4.69) is 0 Å². The number of hydrogen-bond donors (Lipinski definition) is 1. The van der Waals surface area contributed by atoms with Crippen molar-refractivity contribution < 1.29 is 9.84 Å². The number of halogens is 1. The summed E-state index contributed by atoms with van der Waals surface area (Å²) < 4.78 is 5.10. The maximum atomic E-state index is 9.66. The molecule has 0 fully saturated rings. The number of hydrogen-bond acceptors (Lipinski definition) is 2. The molecule has 3 heteroatoms. The number of rotatable bonds is 3. The van der Waals surface area contributed by atoms with Crippen LogP contribution in [0.3, 0.4) is 0 Å². The van der Waals surface area contributed by atoms with Crippen molar-refractivity contribution >= 4 is 11.6 Å². The van der Waals surface area contributed by atoms with E-state index in [0.29, 0.717) is 22.8 Å². The molecule has 13 heavy (non-hydrogen) atoms. The molecule has 0 heterocycles. The zero-order valence-electron chi connectivity index (χ0n) is 7.75. The van der Waals surface area contributed by atoms with E-state index in [0.717, 1.165) is 0 Å². The largest absolute Gasteiger partial charge is 0.496 e. The van der Waals surface area contributed by atoms with Gasteiger partial charge in [0.05, 0.1) is 18.2 Å². The van der Waals surface area contributed by atoms with Gasteiger partial charge >= 0.3 is 0 Å². The third-order valence-electron chi connectivity index (χ3n) is 1.95. The molecule has 0 bridgehead atoms. The van der Waals surface area contributed by atoms with Crippen LogP contribution in [-0.2, 0) is 0 Å². The molecule has 0 amide bonds. The van der Waals surface area contributed by atoms with Crippen LogP contribution >= 0.6 is 11.6 Å². The highest BCUT2D eigenvalue weighted by Gasteiger charge is 2.14. The molecule has 0 saturated heterocycles. The Bertz CT molecular complexity index is 286. The van der Waals surface area contributed by atoms with Gasteiger partial charge in [0.25, 0.3) is 0 Å². The second kappa shape index (κ2) is 4.49. The predicted octanol–water partition coefficient (Wildman–Crippen LogP) is 2.79. The molecule has 72 valence electrons. The van der Waals surface area contributed by atoms with E-state index in [1.165, 1.54) is 0 Å². The van der Waals surface area contributed by atoms with Crippen LogP contribution in [-0.4, -0.2) is 12.2 Å². The first-order valence-electron chi connectivity index (χ1n) is 4.21. The van der Waals surface area contributed by atoms with Crippen molar-refractivity contribution in [3.63, 3.8) is 0 Å². The van der Waals surface area contributed by atoms with Crippen LogP contribution in [0.1, 0.15) is 25.0 Å². The Labute approximate surface area is 83.1 Å². The van der Waals surface area contributed by atoms with Crippen LogP contribution in [0.15, 0.2) is 18.2 Å². The molecule has 1 aromatic rings. The summed E-state index contributed by atoms with van der Waals surface area (Å²) in [7, 11) is 1.57. The Kier molecular flexibility index (Phi) is 3.58. The molecule has 2 nitrogen and oxygen atoms in total. The average molecular weight is 201 g/mol. The molecule has 0 aliphatic heterocycles. The molecule has 1 aromatic carbocycles. The number of ether oxygens (including phenoxy) is 1. The van der Waals surface area contributed by atoms with Crippen LogP contribution in [0.25, 0.3) is 0 Å². The topological polar surface area (TPSA) is 29.5 Å². The second-order valence-corrected chi connectivity index (χ2v) is 3.19. The van der Waals surface area contributed by atoms with Gasteiger partial charge in [0.2, 0.25) is 0 Å². The van der Waals surface area contributed by atoms with Gasteiger partial charge in [-0.2, -0.15) is 0 Å². The lowest BCUT2D eigenvalue weighted by Gasteiger charge is -2.14. The molecule has 0 aliphatic rings. The lowest BCUT2D eigenvalue weighted by atomic mass is 10.1. The molecule has 1 rings (SSSR count). The first-order valence-corrected chi connectivity index (χ1v) is 4.59. The van der Waals surface area contributed by atoms with Gasteiger partial charge in [0, 0.05) is 5.56 Å². The normalized spacial score (nSPS) is 12.6. The second-order valence-electron chi connectivity index (χ2n) is 2.78. The van der Waals surface area contributed by atoms with Crippen LogP contribution in [0.4, 0.5) is 0 Å². The molecule has 0 aromatic heterocycles. The molecule has 0 aliphatic carbocycles. The van der Waals surface area contributed by atoms with Crippen molar-refractivity contribution in [1.29, 1.82) is 0 Å². The molecular formula is C10H13ClO2. The molecular weight excluding hydrogens is 188 g/mol. The third kappa shape index (κ3) is 2.14. The molecule has 0 spiro atoms. The molecule has 1 atom stereocenters. The van der Waals surface area contributed by atoms with Gasteiger partial charge in [0.1, 0.15) is 5.75 Å². The summed E-state index contributed by atoms with van der Waals surface area (Å²) in [5.74, 6) is 0.641. The summed E-state index contributed by atoms with van der Waals surface area (Å²) in [6.07, 6.45) is 0.0729. The predicted molar refractivity (Wildman–Crippen MR) is 53.3 cm³/mol. The minimum Gasteiger partial charge on any atom is -0.496 e. The Hall–Kier alpha value is -0.730. The van der Waals surface area contributed by atoms with E-state index in [-0.39, 0.29) is 0 Å². The molecule has 1 N–H and O–H groups in total. The SMILES string of the molecule is CCC(O)c1c(Cl)cccc1OC. The maximum absolute atomic E-state index is 9.66. The average Bonchev–Trinajstić information content (AvgIpc) is 2.16. The number of aliphatic hydroxyl groups is 1. The van der Waals surface area contributed by atoms with E-state index >= 15 is 0 Å². The van der Waals surface area contributed by atoms with Crippen molar-refractivity contribution in [2.24, 2.45) is 0 Å². The highest BCUT2D eigenvalue weighted by Crippen LogP contribution is 2.33. The van der Waals surface area contributed by atoms with Crippen molar-refractivity contribution in [3.05, 3.63) is 28.8 Å². The molecule has 0 saturated carbocycles. The zero-order valence-corrected chi connectivity index (χ0v) is 8.51. The van der Waals surface area contributed by atoms with Crippen molar-refractivity contribution in [3.8, 4) is 5.75 Å².